The lowest BCUT2D eigenvalue weighted by atomic mass is 10.0. The highest BCUT2D eigenvalue weighted by Crippen LogP contribution is 2.17. The maximum Gasteiger partial charge on any atom is 0.137 e. The van der Waals surface area contributed by atoms with Crippen molar-refractivity contribution in [1.29, 1.82) is 0 Å². The normalized spacial score (nSPS) is 16.5. The molecule has 0 spiro atoms. The molecule has 2 rings (SSSR count). The zero-order valence-electron chi connectivity index (χ0n) is 11.7. The highest BCUT2D eigenvalue weighted by atomic mass is 16.5. The molecule has 0 aliphatic carbocycles. The molecule has 0 saturated carbocycles. The summed E-state index contributed by atoms with van der Waals surface area (Å²) in [7, 11) is 0. The van der Waals surface area contributed by atoms with Gasteiger partial charge in [0, 0.05) is 19.8 Å². The Hall–Kier alpha value is -1.13. The summed E-state index contributed by atoms with van der Waals surface area (Å²) in [4.78, 5) is 4.40. The van der Waals surface area contributed by atoms with Gasteiger partial charge in [-0.1, -0.05) is 6.92 Å². The van der Waals surface area contributed by atoms with Crippen LogP contribution in [0, 0.1) is 5.92 Å². The number of rotatable bonds is 7. The van der Waals surface area contributed by atoms with E-state index in [1.54, 1.807) is 0 Å². The number of hydrogen-bond donors (Lipinski definition) is 1. The van der Waals surface area contributed by atoms with Crippen LogP contribution in [0.1, 0.15) is 31.9 Å². The lowest BCUT2D eigenvalue weighted by molar-refractivity contribution is 0.0497. The van der Waals surface area contributed by atoms with Crippen LogP contribution in [-0.4, -0.2) is 31.3 Å². The largest absolute Gasteiger partial charge is 0.492 e. The third-order valence-corrected chi connectivity index (χ3v) is 3.36. The highest BCUT2D eigenvalue weighted by Gasteiger charge is 2.14. The smallest absolute Gasteiger partial charge is 0.137 e. The maximum atomic E-state index is 5.79. The van der Waals surface area contributed by atoms with Crippen LogP contribution < -0.4 is 10.1 Å². The number of nitrogens with one attached hydrogen (secondary N) is 1. The second-order valence-electron chi connectivity index (χ2n) is 5.03. The second-order valence-corrected chi connectivity index (χ2v) is 5.03. The summed E-state index contributed by atoms with van der Waals surface area (Å²) in [5.74, 6) is 1.49. The van der Waals surface area contributed by atoms with Gasteiger partial charge in [0.05, 0.1) is 18.5 Å². The molecule has 19 heavy (non-hydrogen) atoms. The van der Waals surface area contributed by atoms with Crippen molar-refractivity contribution < 1.29 is 9.47 Å². The van der Waals surface area contributed by atoms with E-state index in [1.165, 1.54) is 0 Å². The van der Waals surface area contributed by atoms with Crippen LogP contribution in [0.3, 0.4) is 0 Å². The van der Waals surface area contributed by atoms with Crippen LogP contribution in [0.4, 0.5) is 0 Å². The van der Waals surface area contributed by atoms with E-state index in [9.17, 15) is 0 Å². The minimum absolute atomic E-state index is 0.625. The van der Waals surface area contributed by atoms with E-state index < -0.39 is 0 Å². The predicted octanol–water partition coefficient (Wildman–Crippen LogP) is 2.39. The fraction of sp³-hybridized carbons (Fsp3) is 0.667. The van der Waals surface area contributed by atoms with E-state index in [4.69, 9.17) is 9.47 Å². The van der Waals surface area contributed by atoms with Crippen LogP contribution in [0.25, 0.3) is 0 Å². The Bertz CT molecular complexity index is 348. The van der Waals surface area contributed by atoms with Crippen molar-refractivity contribution in [3.05, 3.63) is 24.0 Å². The average Bonchev–Trinajstić information content (AvgIpc) is 2.48. The van der Waals surface area contributed by atoms with Crippen LogP contribution in [-0.2, 0) is 11.3 Å². The molecule has 0 radical (unpaired) electrons. The molecule has 0 amide bonds. The van der Waals surface area contributed by atoms with E-state index in [2.05, 4.69) is 17.2 Å². The van der Waals surface area contributed by atoms with Gasteiger partial charge in [-0.05, 0) is 43.9 Å². The SMILES string of the molecule is CCCNCc1ccc(OCC2CCOCC2)cn1. The number of hydrogen-bond acceptors (Lipinski definition) is 4. The molecule has 106 valence electrons. The average molecular weight is 264 g/mol. The summed E-state index contributed by atoms with van der Waals surface area (Å²) in [6.45, 7) is 6.53. The standard InChI is InChI=1S/C15H24N2O2/c1-2-7-16-10-14-3-4-15(11-17-14)19-12-13-5-8-18-9-6-13/h3-4,11,13,16H,2,5-10,12H2,1H3. The first-order valence-electron chi connectivity index (χ1n) is 7.24. The van der Waals surface area contributed by atoms with Crippen molar-refractivity contribution in [2.75, 3.05) is 26.4 Å². The molecule has 4 heteroatoms. The molecule has 1 aromatic heterocycles. The molecule has 0 atom stereocenters. The van der Waals surface area contributed by atoms with Crippen molar-refractivity contribution in [2.45, 2.75) is 32.7 Å². The van der Waals surface area contributed by atoms with Gasteiger partial charge in [0.2, 0.25) is 0 Å². The first kappa shape index (κ1) is 14.3. The van der Waals surface area contributed by atoms with E-state index in [0.29, 0.717) is 5.92 Å². The van der Waals surface area contributed by atoms with E-state index in [1.807, 2.05) is 18.3 Å². The van der Waals surface area contributed by atoms with Crippen molar-refractivity contribution in [1.82, 2.24) is 10.3 Å². The quantitative estimate of drug-likeness (QED) is 0.768. The van der Waals surface area contributed by atoms with E-state index in [-0.39, 0.29) is 0 Å². The van der Waals surface area contributed by atoms with Crippen LogP contribution in [0.5, 0.6) is 5.75 Å². The Labute approximate surface area is 115 Å². The van der Waals surface area contributed by atoms with Gasteiger partial charge in [-0.15, -0.1) is 0 Å². The van der Waals surface area contributed by atoms with Crippen molar-refractivity contribution in [2.24, 2.45) is 5.92 Å². The first-order chi connectivity index (χ1) is 9.38. The van der Waals surface area contributed by atoms with Crippen LogP contribution >= 0.6 is 0 Å². The topological polar surface area (TPSA) is 43.4 Å². The summed E-state index contributed by atoms with van der Waals surface area (Å²) >= 11 is 0. The van der Waals surface area contributed by atoms with Crippen molar-refractivity contribution in [3.63, 3.8) is 0 Å². The van der Waals surface area contributed by atoms with Crippen LogP contribution in [0.15, 0.2) is 18.3 Å². The number of aromatic nitrogens is 1. The summed E-state index contributed by atoms with van der Waals surface area (Å²) in [6, 6.07) is 4.04. The summed E-state index contributed by atoms with van der Waals surface area (Å²) < 4.78 is 11.1. The number of nitrogens with zero attached hydrogens (tertiary/aromatic N) is 1. The molecule has 2 heterocycles. The zero-order chi connectivity index (χ0) is 13.3. The summed E-state index contributed by atoms with van der Waals surface area (Å²) in [5, 5.41) is 3.34. The Balaban J connectivity index is 1.71. The molecule has 0 bridgehead atoms. The van der Waals surface area contributed by atoms with Crippen molar-refractivity contribution in [3.8, 4) is 5.75 Å². The molecule has 1 N–H and O–H groups in total. The molecule has 1 aliphatic heterocycles. The first-order valence-corrected chi connectivity index (χ1v) is 7.24. The predicted molar refractivity (Wildman–Crippen MR) is 75.3 cm³/mol. The van der Waals surface area contributed by atoms with Gasteiger partial charge >= 0.3 is 0 Å². The lowest BCUT2D eigenvalue weighted by Gasteiger charge is -2.21. The van der Waals surface area contributed by atoms with Gasteiger partial charge in [-0.25, -0.2) is 0 Å². The molecule has 0 unspecified atom stereocenters. The third-order valence-electron chi connectivity index (χ3n) is 3.36. The van der Waals surface area contributed by atoms with E-state index in [0.717, 1.165) is 63.6 Å². The molecule has 1 fully saturated rings. The molecular formula is C15H24N2O2. The molecule has 0 aromatic carbocycles. The molecular weight excluding hydrogens is 240 g/mol. The van der Waals surface area contributed by atoms with Crippen LogP contribution in [0.2, 0.25) is 0 Å². The van der Waals surface area contributed by atoms with Gasteiger partial charge in [0.25, 0.3) is 0 Å². The van der Waals surface area contributed by atoms with Gasteiger partial charge in [0.1, 0.15) is 5.75 Å². The Morgan fingerprint density at radius 2 is 2.21 bits per heavy atom. The maximum absolute atomic E-state index is 5.79. The minimum Gasteiger partial charge on any atom is -0.492 e. The van der Waals surface area contributed by atoms with Gasteiger partial charge in [0.15, 0.2) is 0 Å². The molecule has 1 aromatic rings. The third kappa shape index (κ3) is 5.17. The summed E-state index contributed by atoms with van der Waals surface area (Å²) in [5.41, 5.74) is 1.06. The Kier molecular flexibility index (Phi) is 6.11. The number of pyridine rings is 1. The number of ether oxygens (including phenoxy) is 2. The molecule has 1 saturated heterocycles. The van der Waals surface area contributed by atoms with Gasteiger partial charge < -0.3 is 14.8 Å². The lowest BCUT2D eigenvalue weighted by Crippen LogP contribution is -2.21. The Morgan fingerprint density at radius 1 is 1.37 bits per heavy atom. The fourth-order valence-corrected chi connectivity index (χ4v) is 2.12. The zero-order valence-corrected chi connectivity index (χ0v) is 11.7. The summed E-state index contributed by atoms with van der Waals surface area (Å²) in [6.07, 6.45) is 5.17. The Morgan fingerprint density at radius 3 is 2.89 bits per heavy atom. The van der Waals surface area contributed by atoms with Crippen molar-refractivity contribution >= 4 is 0 Å². The van der Waals surface area contributed by atoms with Gasteiger partial charge in [-0.2, -0.15) is 0 Å². The molecule has 4 nitrogen and oxygen atoms in total. The van der Waals surface area contributed by atoms with E-state index >= 15 is 0 Å². The second kappa shape index (κ2) is 8.12. The minimum atomic E-state index is 0.625. The monoisotopic (exact) mass is 264 g/mol. The fourth-order valence-electron chi connectivity index (χ4n) is 2.12. The molecule has 1 aliphatic rings. The highest BCUT2D eigenvalue weighted by molar-refractivity contribution is 5.19. The van der Waals surface area contributed by atoms with Gasteiger partial charge in [-0.3, -0.25) is 4.98 Å².